The average molecular weight is 220 g/mol. The summed E-state index contributed by atoms with van der Waals surface area (Å²) in [4.78, 5) is 7.51. The van der Waals surface area contributed by atoms with Gasteiger partial charge in [0.25, 0.3) is 0 Å². The van der Waals surface area contributed by atoms with Crippen LogP contribution in [-0.2, 0) is 6.42 Å². The number of rotatable bonds is 2. The highest BCUT2D eigenvalue weighted by Gasteiger charge is 2.08. The molecule has 0 aliphatic rings. The van der Waals surface area contributed by atoms with E-state index in [4.69, 9.17) is 16.6 Å². The van der Waals surface area contributed by atoms with Crippen LogP contribution in [0.3, 0.4) is 0 Å². The third-order valence-electron chi connectivity index (χ3n) is 2.30. The Balaban J connectivity index is 2.65. The van der Waals surface area contributed by atoms with E-state index in [0.717, 1.165) is 29.3 Å². The fourth-order valence-corrected chi connectivity index (χ4v) is 1.63. The van der Waals surface area contributed by atoms with Crippen molar-refractivity contribution >= 4 is 12.2 Å². The molecular formula is C11H12N2OS. The molecule has 0 saturated heterocycles. The quantitative estimate of drug-likeness (QED) is 0.790. The minimum atomic E-state index is 0.636. The van der Waals surface area contributed by atoms with E-state index >= 15 is 0 Å². The highest BCUT2D eigenvalue weighted by atomic mass is 32.1. The SMILES string of the molecule is CCc1nc(=S)c(C)c(-c2ccco2)[nH]1. The molecule has 4 heteroatoms. The van der Waals surface area contributed by atoms with Crippen molar-refractivity contribution in [2.75, 3.05) is 0 Å². The summed E-state index contributed by atoms with van der Waals surface area (Å²) >= 11 is 5.20. The first-order valence-electron chi connectivity index (χ1n) is 4.86. The molecule has 0 unspecified atom stereocenters. The zero-order valence-corrected chi connectivity index (χ0v) is 9.52. The second-order valence-electron chi connectivity index (χ2n) is 3.32. The van der Waals surface area contributed by atoms with Crippen molar-refractivity contribution in [3.63, 3.8) is 0 Å². The van der Waals surface area contributed by atoms with E-state index in [2.05, 4.69) is 9.97 Å². The van der Waals surface area contributed by atoms with Gasteiger partial charge in [0.15, 0.2) is 0 Å². The Morgan fingerprint density at radius 1 is 1.53 bits per heavy atom. The molecule has 3 nitrogen and oxygen atoms in total. The normalized spacial score (nSPS) is 10.5. The van der Waals surface area contributed by atoms with Gasteiger partial charge in [-0.2, -0.15) is 0 Å². The minimum absolute atomic E-state index is 0.636. The minimum Gasteiger partial charge on any atom is -0.463 e. The predicted octanol–water partition coefficient (Wildman–Crippen LogP) is 3.27. The van der Waals surface area contributed by atoms with Gasteiger partial charge in [0.05, 0.1) is 12.0 Å². The van der Waals surface area contributed by atoms with Crippen LogP contribution < -0.4 is 0 Å². The number of H-pyrrole nitrogens is 1. The lowest BCUT2D eigenvalue weighted by Gasteiger charge is -2.05. The zero-order valence-electron chi connectivity index (χ0n) is 8.70. The van der Waals surface area contributed by atoms with Crippen molar-refractivity contribution in [3.8, 4) is 11.5 Å². The maximum Gasteiger partial charge on any atom is 0.150 e. The van der Waals surface area contributed by atoms with Gasteiger partial charge in [0, 0.05) is 12.0 Å². The van der Waals surface area contributed by atoms with Gasteiger partial charge in [-0.25, -0.2) is 4.98 Å². The first kappa shape index (κ1) is 10.1. The third-order valence-corrected chi connectivity index (χ3v) is 2.70. The Kier molecular flexibility index (Phi) is 2.68. The number of aryl methyl sites for hydroxylation is 1. The fourth-order valence-electron chi connectivity index (χ4n) is 1.41. The van der Waals surface area contributed by atoms with Gasteiger partial charge in [0.1, 0.15) is 16.2 Å². The molecule has 15 heavy (non-hydrogen) atoms. The van der Waals surface area contributed by atoms with Gasteiger partial charge in [-0.15, -0.1) is 0 Å². The van der Waals surface area contributed by atoms with Crippen molar-refractivity contribution < 1.29 is 4.42 Å². The Bertz CT molecular complexity index is 514. The average Bonchev–Trinajstić information content (AvgIpc) is 2.75. The molecule has 2 aromatic rings. The van der Waals surface area contributed by atoms with Gasteiger partial charge >= 0.3 is 0 Å². The summed E-state index contributed by atoms with van der Waals surface area (Å²) in [5, 5.41) is 0. The van der Waals surface area contributed by atoms with Gasteiger partial charge < -0.3 is 9.40 Å². The second kappa shape index (κ2) is 3.98. The smallest absolute Gasteiger partial charge is 0.150 e. The topological polar surface area (TPSA) is 41.8 Å². The van der Waals surface area contributed by atoms with Crippen molar-refractivity contribution in [1.29, 1.82) is 0 Å². The van der Waals surface area contributed by atoms with Crippen molar-refractivity contribution in [2.24, 2.45) is 0 Å². The van der Waals surface area contributed by atoms with Crippen LogP contribution in [0.5, 0.6) is 0 Å². The lowest BCUT2D eigenvalue weighted by molar-refractivity contribution is 0.578. The largest absolute Gasteiger partial charge is 0.463 e. The number of hydrogen-bond acceptors (Lipinski definition) is 3. The predicted molar refractivity (Wildman–Crippen MR) is 61.2 cm³/mol. The number of nitrogens with zero attached hydrogens (tertiary/aromatic N) is 1. The molecule has 0 aromatic carbocycles. The zero-order chi connectivity index (χ0) is 10.8. The molecule has 2 heterocycles. The van der Waals surface area contributed by atoms with Crippen LogP contribution in [0.25, 0.3) is 11.5 Å². The highest BCUT2D eigenvalue weighted by Crippen LogP contribution is 2.21. The number of aromatic amines is 1. The van der Waals surface area contributed by atoms with Gasteiger partial charge in [-0.1, -0.05) is 19.1 Å². The van der Waals surface area contributed by atoms with Crippen LogP contribution in [-0.4, -0.2) is 9.97 Å². The van der Waals surface area contributed by atoms with E-state index in [1.807, 2.05) is 26.0 Å². The molecule has 0 amide bonds. The molecular weight excluding hydrogens is 208 g/mol. The molecule has 0 bridgehead atoms. The summed E-state index contributed by atoms with van der Waals surface area (Å²) in [6.45, 7) is 3.98. The van der Waals surface area contributed by atoms with E-state index in [1.54, 1.807) is 6.26 Å². The summed E-state index contributed by atoms with van der Waals surface area (Å²) in [7, 11) is 0. The highest BCUT2D eigenvalue weighted by molar-refractivity contribution is 7.71. The lowest BCUT2D eigenvalue weighted by atomic mass is 10.2. The summed E-state index contributed by atoms with van der Waals surface area (Å²) in [5.74, 6) is 1.69. The van der Waals surface area contributed by atoms with E-state index in [0.29, 0.717) is 4.64 Å². The summed E-state index contributed by atoms with van der Waals surface area (Å²) in [5.41, 5.74) is 1.88. The standard InChI is InChI=1S/C11H12N2OS/c1-3-9-12-10(7(2)11(15)13-9)8-5-4-6-14-8/h4-6H,3H2,1-2H3,(H,12,13,15). The maximum absolute atomic E-state index is 5.35. The first-order valence-corrected chi connectivity index (χ1v) is 5.27. The van der Waals surface area contributed by atoms with E-state index < -0.39 is 0 Å². The van der Waals surface area contributed by atoms with Crippen LogP contribution in [0.15, 0.2) is 22.8 Å². The molecule has 78 valence electrons. The van der Waals surface area contributed by atoms with E-state index in [9.17, 15) is 0 Å². The molecule has 0 radical (unpaired) electrons. The van der Waals surface area contributed by atoms with Crippen molar-refractivity contribution in [1.82, 2.24) is 9.97 Å². The second-order valence-corrected chi connectivity index (χ2v) is 3.71. The molecule has 0 spiro atoms. The van der Waals surface area contributed by atoms with E-state index in [-0.39, 0.29) is 0 Å². The van der Waals surface area contributed by atoms with Crippen LogP contribution in [0.1, 0.15) is 18.3 Å². The van der Waals surface area contributed by atoms with Crippen LogP contribution in [0.4, 0.5) is 0 Å². The molecule has 0 aliphatic carbocycles. The lowest BCUT2D eigenvalue weighted by Crippen LogP contribution is -1.98. The van der Waals surface area contributed by atoms with Crippen LogP contribution >= 0.6 is 12.2 Å². The Labute approximate surface area is 93.2 Å². The summed E-state index contributed by atoms with van der Waals surface area (Å²) in [6, 6.07) is 3.77. The summed E-state index contributed by atoms with van der Waals surface area (Å²) < 4.78 is 5.99. The fraction of sp³-hybridized carbons (Fsp3) is 0.273. The Hall–Kier alpha value is -1.42. The Morgan fingerprint density at radius 2 is 2.33 bits per heavy atom. The van der Waals surface area contributed by atoms with Crippen LogP contribution in [0, 0.1) is 11.6 Å². The van der Waals surface area contributed by atoms with Gasteiger partial charge in [0.2, 0.25) is 0 Å². The molecule has 2 aromatic heterocycles. The van der Waals surface area contributed by atoms with Gasteiger partial charge in [-0.3, -0.25) is 0 Å². The summed E-state index contributed by atoms with van der Waals surface area (Å²) in [6.07, 6.45) is 2.48. The number of hydrogen-bond donors (Lipinski definition) is 1. The first-order chi connectivity index (χ1) is 7.22. The number of aromatic nitrogens is 2. The number of nitrogens with one attached hydrogen (secondary N) is 1. The molecule has 0 fully saturated rings. The van der Waals surface area contributed by atoms with Crippen molar-refractivity contribution in [2.45, 2.75) is 20.3 Å². The van der Waals surface area contributed by atoms with E-state index in [1.165, 1.54) is 0 Å². The molecule has 0 aliphatic heterocycles. The molecule has 1 N–H and O–H groups in total. The van der Waals surface area contributed by atoms with Gasteiger partial charge in [-0.05, 0) is 19.1 Å². The number of furan rings is 1. The van der Waals surface area contributed by atoms with Crippen LogP contribution in [0.2, 0.25) is 0 Å². The molecule has 0 atom stereocenters. The third kappa shape index (κ3) is 1.85. The molecule has 2 rings (SSSR count). The molecule has 0 saturated carbocycles. The van der Waals surface area contributed by atoms with Crippen molar-refractivity contribution in [3.05, 3.63) is 34.4 Å². The Morgan fingerprint density at radius 3 is 2.93 bits per heavy atom. The maximum atomic E-state index is 5.35. The monoisotopic (exact) mass is 220 g/mol.